The number of benzene rings is 2. The van der Waals surface area contributed by atoms with Gasteiger partial charge in [-0.3, -0.25) is 14.2 Å². The van der Waals surface area contributed by atoms with Gasteiger partial charge in [0, 0.05) is 12.2 Å². The maximum Gasteiger partial charge on any atom is 0.333 e. The summed E-state index contributed by atoms with van der Waals surface area (Å²) in [5, 5.41) is 2.80. The van der Waals surface area contributed by atoms with E-state index in [9.17, 15) is 14.4 Å². The van der Waals surface area contributed by atoms with Crippen LogP contribution in [-0.4, -0.2) is 24.6 Å². The third-order valence-electron chi connectivity index (χ3n) is 5.89. The van der Waals surface area contributed by atoms with Crippen LogP contribution in [0.4, 0.5) is 5.69 Å². The molecule has 0 bridgehead atoms. The smallest absolute Gasteiger partial charge is 0.325 e. The highest BCUT2D eigenvalue weighted by Gasteiger charge is 2.20. The molecule has 2 heterocycles. The Balaban J connectivity index is 1.73. The summed E-state index contributed by atoms with van der Waals surface area (Å²) in [6.45, 7) is 8.71. The van der Waals surface area contributed by atoms with E-state index in [4.69, 9.17) is 0 Å². The van der Waals surface area contributed by atoms with Gasteiger partial charge in [-0.05, 0) is 35.1 Å². The van der Waals surface area contributed by atoms with Gasteiger partial charge in [0.2, 0.25) is 5.91 Å². The van der Waals surface area contributed by atoms with Crippen molar-refractivity contribution in [2.75, 3.05) is 5.32 Å². The fraction of sp³-hybridized carbons (Fsp3) is 0.333. The SMILES string of the molecule is CC(C)Cn1cnc2c1c(=O)n(CC(=O)Nc1ccc(C(C)C)cc1)c(=O)n2Cc1ccccc1. The van der Waals surface area contributed by atoms with E-state index in [1.54, 1.807) is 10.9 Å². The van der Waals surface area contributed by atoms with Crippen LogP contribution in [0, 0.1) is 5.92 Å². The van der Waals surface area contributed by atoms with Crippen molar-refractivity contribution in [2.45, 2.75) is 53.2 Å². The molecule has 0 atom stereocenters. The predicted molar refractivity (Wildman–Crippen MR) is 138 cm³/mol. The molecule has 8 heteroatoms. The number of imidazole rings is 1. The molecule has 0 radical (unpaired) electrons. The number of amides is 1. The third-order valence-corrected chi connectivity index (χ3v) is 5.89. The van der Waals surface area contributed by atoms with Crippen LogP contribution in [-0.2, 0) is 24.4 Å². The van der Waals surface area contributed by atoms with Gasteiger partial charge in [-0.1, -0.05) is 70.2 Å². The van der Waals surface area contributed by atoms with E-state index >= 15 is 0 Å². The predicted octanol–water partition coefficient (Wildman–Crippen LogP) is 3.83. The first kappa shape index (κ1) is 24.2. The molecule has 2 aromatic carbocycles. The van der Waals surface area contributed by atoms with E-state index in [2.05, 4.69) is 24.1 Å². The summed E-state index contributed by atoms with van der Waals surface area (Å²) in [6, 6.07) is 17.1. The quantitative estimate of drug-likeness (QED) is 0.421. The Bertz CT molecular complexity index is 1440. The lowest BCUT2D eigenvalue weighted by Gasteiger charge is -2.14. The minimum absolute atomic E-state index is 0.243. The average molecular weight is 474 g/mol. The summed E-state index contributed by atoms with van der Waals surface area (Å²) < 4.78 is 4.23. The Kier molecular flexibility index (Phi) is 7.00. The lowest BCUT2D eigenvalue weighted by Crippen LogP contribution is -2.43. The Morgan fingerprint density at radius 3 is 2.26 bits per heavy atom. The van der Waals surface area contributed by atoms with Crippen molar-refractivity contribution in [3.8, 4) is 0 Å². The van der Waals surface area contributed by atoms with Gasteiger partial charge in [0.05, 0.1) is 12.9 Å². The van der Waals surface area contributed by atoms with Crippen LogP contribution in [0.25, 0.3) is 11.2 Å². The number of hydrogen-bond donors (Lipinski definition) is 1. The van der Waals surface area contributed by atoms with Gasteiger partial charge in [-0.25, -0.2) is 14.3 Å². The number of rotatable bonds is 8. The van der Waals surface area contributed by atoms with E-state index in [0.29, 0.717) is 29.3 Å². The number of carbonyl (C=O) groups is 1. The van der Waals surface area contributed by atoms with Gasteiger partial charge in [0.1, 0.15) is 6.54 Å². The second-order valence-electron chi connectivity index (χ2n) is 9.53. The summed E-state index contributed by atoms with van der Waals surface area (Å²) in [4.78, 5) is 44.2. The fourth-order valence-corrected chi connectivity index (χ4v) is 4.11. The van der Waals surface area contributed by atoms with Gasteiger partial charge in [0.15, 0.2) is 11.2 Å². The molecule has 182 valence electrons. The number of anilines is 1. The first-order valence-electron chi connectivity index (χ1n) is 11.9. The minimum atomic E-state index is -0.563. The molecule has 4 aromatic rings. The van der Waals surface area contributed by atoms with Crippen LogP contribution in [0.3, 0.4) is 0 Å². The average Bonchev–Trinajstić information content (AvgIpc) is 3.23. The highest BCUT2D eigenvalue weighted by molar-refractivity contribution is 5.90. The van der Waals surface area contributed by atoms with Gasteiger partial charge in [-0.2, -0.15) is 0 Å². The van der Waals surface area contributed by atoms with Crippen molar-refractivity contribution in [3.63, 3.8) is 0 Å². The summed E-state index contributed by atoms with van der Waals surface area (Å²) in [5.41, 5.74) is 2.24. The molecular weight excluding hydrogens is 442 g/mol. The maximum absolute atomic E-state index is 13.4. The second-order valence-corrected chi connectivity index (χ2v) is 9.53. The summed E-state index contributed by atoms with van der Waals surface area (Å²) >= 11 is 0. The van der Waals surface area contributed by atoms with E-state index in [1.807, 2.05) is 68.4 Å². The van der Waals surface area contributed by atoms with Gasteiger partial charge < -0.3 is 9.88 Å². The highest BCUT2D eigenvalue weighted by Crippen LogP contribution is 2.17. The molecule has 4 rings (SSSR count). The largest absolute Gasteiger partial charge is 0.333 e. The Labute approximate surface area is 203 Å². The maximum atomic E-state index is 13.4. The number of nitrogens with zero attached hydrogens (tertiary/aromatic N) is 4. The van der Waals surface area contributed by atoms with E-state index in [-0.39, 0.29) is 19.0 Å². The van der Waals surface area contributed by atoms with Crippen molar-refractivity contribution >= 4 is 22.8 Å². The molecule has 0 aliphatic heterocycles. The van der Waals surface area contributed by atoms with Crippen molar-refractivity contribution in [1.82, 2.24) is 18.7 Å². The lowest BCUT2D eigenvalue weighted by molar-refractivity contribution is -0.116. The molecule has 0 unspecified atom stereocenters. The lowest BCUT2D eigenvalue weighted by atomic mass is 10.0. The number of carbonyl (C=O) groups excluding carboxylic acids is 1. The van der Waals surface area contributed by atoms with Crippen LogP contribution >= 0.6 is 0 Å². The van der Waals surface area contributed by atoms with E-state index < -0.39 is 17.2 Å². The third kappa shape index (κ3) is 5.26. The molecular formula is C27H31N5O3. The monoisotopic (exact) mass is 473 g/mol. The van der Waals surface area contributed by atoms with Gasteiger partial charge >= 0.3 is 5.69 Å². The molecule has 0 saturated carbocycles. The molecule has 0 aliphatic rings. The van der Waals surface area contributed by atoms with Crippen molar-refractivity contribution in [3.05, 3.63) is 92.9 Å². The van der Waals surface area contributed by atoms with Crippen LogP contribution in [0.2, 0.25) is 0 Å². The standard InChI is InChI=1S/C27H31N5O3/c1-18(2)14-30-17-28-25-24(30)26(34)32(27(35)31(25)15-20-8-6-5-7-9-20)16-23(33)29-22-12-10-21(11-13-22)19(3)4/h5-13,17-19H,14-16H2,1-4H3,(H,29,33). The number of hydrogen-bond acceptors (Lipinski definition) is 4. The molecule has 0 fully saturated rings. The summed E-state index contributed by atoms with van der Waals surface area (Å²) in [7, 11) is 0. The minimum Gasteiger partial charge on any atom is -0.325 e. The second kappa shape index (κ2) is 10.1. The number of aromatic nitrogens is 4. The molecule has 1 N–H and O–H groups in total. The molecule has 2 aromatic heterocycles. The van der Waals surface area contributed by atoms with Crippen LogP contribution < -0.4 is 16.6 Å². The molecule has 0 spiro atoms. The summed E-state index contributed by atoms with van der Waals surface area (Å²) in [6.07, 6.45) is 1.59. The van der Waals surface area contributed by atoms with Crippen molar-refractivity contribution in [1.29, 1.82) is 0 Å². The molecule has 35 heavy (non-hydrogen) atoms. The highest BCUT2D eigenvalue weighted by atomic mass is 16.2. The van der Waals surface area contributed by atoms with E-state index in [1.165, 1.54) is 4.57 Å². The molecule has 0 aliphatic carbocycles. The first-order valence-corrected chi connectivity index (χ1v) is 11.9. The normalized spacial score (nSPS) is 11.5. The van der Waals surface area contributed by atoms with Gasteiger partial charge in [0.25, 0.3) is 5.56 Å². The number of fused-ring (bicyclic) bond motifs is 1. The fourth-order valence-electron chi connectivity index (χ4n) is 4.11. The zero-order valence-electron chi connectivity index (χ0n) is 20.6. The Hall–Kier alpha value is -3.94. The number of nitrogens with one attached hydrogen (secondary N) is 1. The van der Waals surface area contributed by atoms with Crippen LogP contribution in [0.15, 0.2) is 70.5 Å². The van der Waals surface area contributed by atoms with Crippen LogP contribution in [0.5, 0.6) is 0 Å². The molecule has 1 amide bonds. The Morgan fingerprint density at radius 1 is 0.943 bits per heavy atom. The van der Waals surface area contributed by atoms with Crippen LogP contribution in [0.1, 0.15) is 44.7 Å². The van der Waals surface area contributed by atoms with Crippen molar-refractivity contribution < 1.29 is 4.79 Å². The summed E-state index contributed by atoms with van der Waals surface area (Å²) in [5.74, 6) is 0.206. The first-order chi connectivity index (χ1) is 16.7. The zero-order chi connectivity index (χ0) is 25.1. The van der Waals surface area contributed by atoms with E-state index in [0.717, 1.165) is 15.7 Å². The molecule has 0 saturated heterocycles. The molecule has 8 nitrogen and oxygen atoms in total. The topological polar surface area (TPSA) is 90.9 Å². The van der Waals surface area contributed by atoms with Crippen molar-refractivity contribution in [2.24, 2.45) is 5.92 Å². The Morgan fingerprint density at radius 2 is 1.63 bits per heavy atom. The van der Waals surface area contributed by atoms with Gasteiger partial charge in [-0.15, -0.1) is 0 Å². The zero-order valence-corrected chi connectivity index (χ0v) is 20.6.